The van der Waals surface area contributed by atoms with Crippen LogP contribution in [0.15, 0.2) is 10.9 Å². The summed E-state index contributed by atoms with van der Waals surface area (Å²) in [6.45, 7) is -0.681. The van der Waals surface area contributed by atoms with Crippen LogP contribution in [0.1, 0.15) is 5.89 Å². The molecule has 0 saturated carbocycles. The number of nitrogens with zero attached hydrogens (tertiary/aromatic N) is 2. The Labute approximate surface area is 39.1 Å². The van der Waals surface area contributed by atoms with E-state index < -0.39 is 6.67 Å². The van der Waals surface area contributed by atoms with Gasteiger partial charge in [0.2, 0.25) is 0 Å². The first-order valence-corrected chi connectivity index (χ1v) is 1.75. The van der Waals surface area contributed by atoms with Crippen LogP contribution in [0.25, 0.3) is 0 Å². The molecule has 0 aliphatic heterocycles. The lowest BCUT2D eigenvalue weighted by molar-refractivity contribution is 0.322. The Hall–Kier alpha value is -0.930. The van der Waals surface area contributed by atoms with Gasteiger partial charge in [0.05, 0.1) is 0 Å². The van der Waals surface area contributed by atoms with Crippen LogP contribution in [0.4, 0.5) is 4.39 Å². The van der Waals surface area contributed by atoms with Crippen molar-refractivity contribution in [2.75, 3.05) is 0 Å². The second-order valence-electron chi connectivity index (χ2n) is 0.969. The molecule has 0 amide bonds. The monoisotopic (exact) mass is 102 g/mol. The van der Waals surface area contributed by atoms with Crippen molar-refractivity contribution in [3.8, 4) is 0 Å². The predicted octanol–water partition coefficient (Wildman–Crippen LogP) is 0.539. The van der Waals surface area contributed by atoms with E-state index in [-0.39, 0.29) is 5.89 Å². The molecule has 4 heteroatoms. The third-order valence-corrected chi connectivity index (χ3v) is 0.521. The van der Waals surface area contributed by atoms with Crippen molar-refractivity contribution in [3.05, 3.63) is 12.2 Å². The minimum absolute atomic E-state index is 0.0278. The van der Waals surface area contributed by atoms with Crippen molar-refractivity contribution in [1.29, 1.82) is 0 Å². The molecule has 0 fully saturated rings. The van der Waals surface area contributed by atoms with E-state index in [1.807, 2.05) is 0 Å². The minimum atomic E-state index is -0.681. The summed E-state index contributed by atoms with van der Waals surface area (Å²) in [5.41, 5.74) is 0. The van der Waals surface area contributed by atoms with E-state index in [0.717, 1.165) is 6.33 Å². The molecule has 0 unspecified atom stereocenters. The zero-order chi connectivity index (χ0) is 5.11. The second kappa shape index (κ2) is 1.68. The smallest absolute Gasteiger partial charge is 0.257 e. The Morgan fingerprint density at radius 2 is 2.71 bits per heavy atom. The minimum Gasteiger partial charge on any atom is -0.337 e. The van der Waals surface area contributed by atoms with E-state index in [1.54, 1.807) is 0 Å². The fourth-order valence-corrected chi connectivity index (χ4v) is 0.255. The topological polar surface area (TPSA) is 38.9 Å². The number of hydrogen-bond donors (Lipinski definition) is 0. The number of halogens is 1. The molecule has 0 radical (unpaired) electrons. The molecule has 1 aromatic rings. The molecule has 0 bridgehead atoms. The summed E-state index contributed by atoms with van der Waals surface area (Å²) < 4.78 is 15.6. The van der Waals surface area contributed by atoms with E-state index in [0.29, 0.717) is 0 Å². The summed E-state index contributed by atoms with van der Waals surface area (Å²) in [4.78, 5) is 3.38. The summed E-state index contributed by atoms with van der Waals surface area (Å²) in [7, 11) is 0. The average molecular weight is 102 g/mol. The van der Waals surface area contributed by atoms with Gasteiger partial charge >= 0.3 is 0 Å². The standard InChI is InChI=1S/C3H3FN2O/c4-1-3-5-2-6-7-3/h2H,1H2. The molecule has 0 spiro atoms. The van der Waals surface area contributed by atoms with Crippen LogP contribution < -0.4 is 0 Å². The number of alkyl halides is 1. The van der Waals surface area contributed by atoms with Crippen LogP contribution in [0.2, 0.25) is 0 Å². The highest BCUT2D eigenvalue weighted by Crippen LogP contribution is 1.90. The van der Waals surface area contributed by atoms with Gasteiger partial charge in [0.1, 0.15) is 0 Å². The Balaban J connectivity index is 2.76. The zero-order valence-corrected chi connectivity index (χ0v) is 3.47. The Kier molecular flexibility index (Phi) is 1.02. The summed E-state index contributed by atoms with van der Waals surface area (Å²) in [5, 5.41) is 3.17. The van der Waals surface area contributed by atoms with Gasteiger partial charge in [-0.25, -0.2) is 4.39 Å². The van der Waals surface area contributed by atoms with Gasteiger partial charge in [-0.2, -0.15) is 4.98 Å². The number of rotatable bonds is 1. The molecule has 38 valence electrons. The average Bonchev–Trinajstić information content (AvgIpc) is 2.14. The first kappa shape index (κ1) is 4.23. The molecule has 1 rings (SSSR count). The molecule has 0 aliphatic rings. The lowest BCUT2D eigenvalue weighted by Gasteiger charge is -1.71. The van der Waals surface area contributed by atoms with Gasteiger partial charge in [0.25, 0.3) is 5.89 Å². The van der Waals surface area contributed by atoms with Crippen molar-refractivity contribution in [3.63, 3.8) is 0 Å². The van der Waals surface area contributed by atoms with Gasteiger partial charge in [0.15, 0.2) is 13.0 Å². The predicted molar refractivity (Wildman–Crippen MR) is 19.1 cm³/mol. The molecule has 0 aliphatic carbocycles. The van der Waals surface area contributed by atoms with Crippen molar-refractivity contribution >= 4 is 0 Å². The van der Waals surface area contributed by atoms with Crippen LogP contribution in [-0.2, 0) is 6.67 Å². The number of aromatic nitrogens is 2. The van der Waals surface area contributed by atoms with E-state index in [4.69, 9.17) is 0 Å². The highest BCUT2D eigenvalue weighted by Gasteiger charge is 1.91. The van der Waals surface area contributed by atoms with Gasteiger partial charge < -0.3 is 4.52 Å². The SMILES string of the molecule is FCc1ncno1. The van der Waals surface area contributed by atoms with Crippen molar-refractivity contribution in [2.24, 2.45) is 0 Å². The van der Waals surface area contributed by atoms with Gasteiger partial charge in [0, 0.05) is 0 Å². The van der Waals surface area contributed by atoms with Crippen LogP contribution >= 0.6 is 0 Å². The van der Waals surface area contributed by atoms with E-state index in [9.17, 15) is 4.39 Å². The summed E-state index contributed by atoms with van der Waals surface area (Å²) >= 11 is 0. The Bertz CT molecular complexity index is 127. The maximum absolute atomic E-state index is 11.4. The maximum Gasteiger partial charge on any atom is 0.257 e. The quantitative estimate of drug-likeness (QED) is 0.519. The molecule has 1 heterocycles. The molecule has 3 nitrogen and oxygen atoms in total. The van der Waals surface area contributed by atoms with E-state index >= 15 is 0 Å². The van der Waals surface area contributed by atoms with Crippen LogP contribution in [0.5, 0.6) is 0 Å². The lowest BCUT2D eigenvalue weighted by Crippen LogP contribution is -1.71. The second-order valence-corrected chi connectivity index (χ2v) is 0.969. The molecule has 0 atom stereocenters. The van der Waals surface area contributed by atoms with Crippen LogP contribution in [0.3, 0.4) is 0 Å². The summed E-state index contributed by atoms with van der Waals surface area (Å²) in [6.07, 6.45) is 1.16. The van der Waals surface area contributed by atoms with Crippen LogP contribution in [-0.4, -0.2) is 10.1 Å². The molecule has 0 aromatic carbocycles. The summed E-state index contributed by atoms with van der Waals surface area (Å²) in [6, 6.07) is 0. The fourth-order valence-electron chi connectivity index (χ4n) is 0.255. The van der Waals surface area contributed by atoms with Gasteiger partial charge in [-0.15, -0.1) is 0 Å². The van der Waals surface area contributed by atoms with E-state index in [2.05, 4.69) is 14.7 Å². The zero-order valence-electron chi connectivity index (χ0n) is 3.47. The molecular weight excluding hydrogens is 99.0 g/mol. The van der Waals surface area contributed by atoms with Gasteiger partial charge in [-0.05, 0) is 0 Å². The van der Waals surface area contributed by atoms with Gasteiger partial charge in [-0.1, -0.05) is 5.16 Å². The van der Waals surface area contributed by atoms with Crippen molar-refractivity contribution in [1.82, 2.24) is 10.1 Å². The molecule has 0 saturated heterocycles. The first-order chi connectivity index (χ1) is 3.43. The first-order valence-electron chi connectivity index (χ1n) is 1.75. The largest absolute Gasteiger partial charge is 0.337 e. The highest BCUT2D eigenvalue weighted by molar-refractivity contribution is 4.66. The molecule has 0 N–H and O–H groups in total. The highest BCUT2D eigenvalue weighted by atomic mass is 19.1. The molecule has 1 aromatic heterocycles. The fraction of sp³-hybridized carbons (Fsp3) is 0.333. The third-order valence-electron chi connectivity index (χ3n) is 0.521. The third kappa shape index (κ3) is 0.734. The normalized spacial score (nSPS) is 9.29. The van der Waals surface area contributed by atoms with Gasteiger partial charge in [-0.3, -0.25) is 0 Å². The van der Waals surface area contributed by atoms with Crippen molar-refractivity contribution in [2.45, 2.75) is 6.67 Å². The van der Waals surface area contributed by atoms with E-state index in [1.165, 1.54) is 0 Å². The summed E-state index contributed by atoms with van der Waals surface area (Å²) in [5.74, 6) is 0.0278. The molecule has 7 heavy (non-hydrogen) atoms. The lowest BCUT2D eigenvalue weighted by atomic mass is 10.8. The Morgan fingerprint density at radius 3 is 3.00 bits per heavy atom. The van der Waals surface area contributed by atoms with Crippen molar-refractivity contribution < 1.29 is 8.91 Å². The number of hydrogen-bond acceptors (Lipinski definition) is 3. The molecular formula is C3H3FN2O. The van der Waals surface area contributed by atoms with Crippen LogP contribution in [0, 0.1) is 0 Å². The Morgan fingerprint density at radius 1 is 1.86 bits per heavy atom. The maximum atomic E-state index is 11.4.